The molecule has 0 spiro atoms. The molecule has 0 atom stereocenters. The topological polar surface area (TPSA) is 114 Å². The highest BCUT2D eigenvalue weighted by Crippen LogP contribution is 2.22. The Morgan fingerprint density at radius 1 is 1.07 bits per heavy atom. The lowest BCUT2D eigenvalue weighted by Gasteiger charge is -2.12. The van der Waals surface area contributed by atoms with E-state index in [1.54, 1.807) is 24.3 Å². The number of nitro groups is 1. The van der Waals surface area contributed by atoms with E-state index in [2.05, 4.69) is 0 Å². The van der Waals surface area contributed by atoms with Gasteiger partial charge in [0.15, 0.2) is 0 Å². The van der Waals surface area contributed by atoms with Crippen molar-refractivity contribution in [3.8, 4) is 5.75 Å². The van der Waals surface area contributed by atoms with Gasteiger partial charge in [0.05, 0.1) is 25.4 Å². The number of nitro benzene ring substituents is 1. The summed E-state index contributed by atoms with van der Waals surface area (Å²) >= 11 is 0. The van der Waals surface area contributed by atoms with Crippen molar-refractivity contribution in [2.45, 2.75) is 6.61 Å². The molecule has 0 heterocycles. The first kappa shape index (κ1) is 20.4. The monoisotopic (exact) mass is 387 g/mol. The van der Waals surface area contributed by atoms with E-state index < -0.39 is 17.0 Å². The molecule has 0 radical (unpaired) electrons. The fourth-order valence-electron chi connectivity index (χ4n) is 2.26. The normalized spacial score (nSPS) is 10.7. The Morgan fingerprint density at radius 2 is 1.75 bits per heavy atom. The smallest absolute Gasteiger partial charge is 0.503 e. The molecule has 0 saturated heterocycles. The van der Waals surface area contributed by atoms with E-state index in [4.69, 9.17) is 18.9 Å². The number of ether oxygens (including phenoxy) is 4. The van der Waals surface area contributed by atoms with Crippen LogP contribution in [0.5, 0.6) is 5.75 Å². The number of non-ortho nitro benzene ring substituents is 1. The quantitative estimate of drug-likeness (QED) is 0.177. The molecule has 2 aromatic rings. The largest absolute Gasteiger partial charge is 0.514 e. The summed E-state index contributed by atoms with van der Waals surface area (Å²) in [5.74, 6) is -0.513. The summed E-state index contributed by atoms with van der Waals surface area (Å²) in [5.41, 5.74) is 1.03. The van der Waals surface area contributed by atoms with E-state index >= 15 is 0 Å². The maximum Gasteiger partial charge on any atom is 0.514 e. The summed E-state index contributed by atoms with van der Waals surface area (Å²) in [6.07, 6.45) is 0.235. The zero-order valence-electron chi connectivity index (χ0n) is 15.1. The zero-order chi connectivity index (χ0) is 20.5. The van der Waals surface area contributed by atoms with E-state index in [1.165, 1.54) is 44.7 Å². The lowest BCUT2D eigenvalue weighted by molar-refractivity contribution is -0.384. The van der Waals surface area contributed by atoms with Crippen molar-refractivity contribution < 1.29 is 33.5 Å². The molecule has 9 heteroatoms. The highest BCUT2D eigenvalue weighted by molar-refractivity contribution is 6.16. The number of hydrogen-bond donors (Lipinski definition) is 0. The fourth-order valence-corrected chi connectivity index (χ4v) is 2.26. The van der Waals surface area contributed by atoms with E-state index in [1.807, 2.05) is 0 Å². The third-order valence-corrected chi connectivity index (χ3v) is 3.54. The lowest BCUT2D eigenvalue weighted by atomic mass is 10.0. The molecule has 2 aromatic carbocycles. The predicted molar refractivity (Wildman–Crippen MR) is 97.4 cm³/mol. The molecular weight excluding hydrogens is 370 g/mol. The molecule has 9 nitrogen and oxygen atoms in total. The second-order valence-corrected chi connectivity index (χ2v) is 5.31. The van der Waals surface area contributed by atoms with Gasteiger partial charge in [-0.25, -0.2) is 9.59 Å². The van der Waals surface area contributed by atoms with E-state index in [0.717, 1.165) is 0 Å². The first-order valence-corrected chi connectivity index (χ1v) is 7.95. The van der Waals surface area contributed by atoms with Gasteiger partial charge in [0.1, 0.15) is 17.9 Å². The molecule has 0 aliphatic rings. The number of carbonyl (C=O) groups excluding carboxylic acids is 2. The third-order valence-electron chi connectivity index (χ3n) is 3.54. The molecule has 0 aliphatic carbocycles. The van der Waals surface area contributed by atoms with Crippen molar-refractivity contribution in [3.63, 3.8) is 0 Å². The van der Waals surface area contributed by atoms with Crippen LogP contribution in [0.25, 0.3) is 5.57 Å². The van der Waals surface area contributed by atoms with E-state index in [9.17, 15) is 19.7 Å². The summed E-state index contributed by atoms with van der Waals surface area (Å²) in [5, 5.41) is 10.6. The molecule has 0 aromatic heterocycles. The van der Waals surface area contributed by atoms with Gasteiger partial charge >= 0.3 is 12.1 Å². The van der Waals surface area contributed by atoms with Gasteiger partial charge in [-0.15, -0.1) is 0 Å². The molecule has 0 aliphatic heterocycles. The van der Waals surface area contributed by atoms with Gasteiger partial charge in [0, 0.05) is 12.1 Å². The Labute approximate surface area is 160 Å². The van der Waals surface area contributed by atoms with E-state index in [-0.39, 0.29) is 23.6 Å². The SMILES string of the molecule is COC=C(C(=O)OC)c1ccccc1COC(=O)Oc1ccc([N+](=O)[O-])cc1. The van der Waals surface area contributed by atoms with Crippen LogP contribution in [-0.4, -0.2) is 31.3 Å². The summed E-state index contributed by atoms with van der Waals surface area (Å²) < 4.78 is 19.7. The highest BCUT2D eigenvalue weighted by Gasteiger charge is 2.18. The van der Waals surface area contributed by atoms with Gasteiger partial charge in [-0.3, -0.25) is 10.1 Å². The van der Waals surface area contributed by atoms with E-state index in [0.29, 0.717) is 11.1 Å². The van der Waals surface area contributed by atoms with Gasteiger partial charge < -0.3 is 18.9 Å². The van der Waals surface area contributed by atoms with Crippen molar-refractivity contribution in [2.75, 3.05) is 14.2 Å². The van der Waals surface area contributed by atoms with Crippen LogP contribution in [0.15, 0.2) is 54.8 Å². The average Bonchev–Trinajstić information content (AvgIpc) is 2.70. The van der Waals surface area contributed by atoms with Crippen LogP contribution in [0.1, 0.15) is 11.1 Å². The Bertz CT molecular complexity index is 889. The van der Waals surface area contributed by atoms with Crippen LogP contribution in [0.4, 0.5) is 10.5 Å². The molecule has 0 unspecified atom stereocenters. The Morgan fingerprint density at radius 3 is 2.36 bits per heavy atom. The van der Waals surface area contributed by atoms with Crippen molar-refractivity contribution in [2.24, 2.45) is 0 Å². The lowest BCUT2D eigenvalue weighted by Crippen LogP contribution is -2.12. The number of esters is 1. The summed E-state index contributed by atoms with van der Waals surface area (Å²) in [6.45, 7) is -0.181. The minimum atomic E-state index is -1.00. The minimum Gasteiger partial charge on any atom is -0.503 e. The number of methoxy groups -OCH3 is 2. The van der Waals surface area contributed by atoms with Crippen LogP contribution >= 0.6 is 0 Å². The Balaban J connectivity index is 2.08. The fraction of sp³-hybridized carbons (Fsp3) is 0.158. The molecule has 0 bridgehead atoms. The van der Waals surface area contributed by atoms with Gasteiger partial charge in [-0.05, 0) is 23.3 Å². The molecule has 146 valence electrons. The van der Waals surface area contributed by atoms with Crippen LogP contribution in [-0.2, 0) is 25.6 Å². The second kappa shape index (κ2) is 9.72. The van der Waals surface area contributed by atoms with Crippen molar-refractivity contribution >= 4 is 23.4 Å². The number of hydrogen-bond acceptors (Lipinski definition) is 8. The average molecular weight is 387 g/mol. The molecule has 0 saturated carbocycles. The van der Waals surface area contributed by atoms with Crippen LogP contribution in [0, 0.1) is 10.1 Å². The van der Waals surface area contributed by atoms with Crippen LogP contribution in [0.2, 0.25) is 0 Å². The zero-order valence-corrected chi connectivity index (χ0v) is 15.1. The maximum atomic E-state index is 12.0. The maximum absolute atomic E-state index is 12.0. The number of nitrogens with zero attached hydrogens (tertiary/aromatic N) is 1. The predicted octanol–water partition coefficient (Wildman–Crippen LogP) is 3.47. The van der Waals surface area contributed by atoms with Gasteiger partial charge in [-0.1, -0.05) is 24.3 Å². The number of carbonyl (C=O) groups is 2. The van der Waals surface area contributed by atoms with Gasteiger partial charge in [0.25, 0.3) is 5.69 Å². The Kier molecular flexibility index (Phi) is 7.09. The molecule has 0 fully saturated rings. The summed E-state index contributed by atoms with van der Waals surface area (Å²) in [6, 6.07) is 11.7. The minimum absolute atomic E-state index is 0.0958. The van der Waals surface area contributed by atoms with Crippen molar-refractivity contribution in [1.82, 2.24) is 0 Å². The van der Waals surface area contributed by atoms with Crippen LogP contribution < -0.4 is 4.74 Å². The van der Waals surface area contributed by atoms with Crippen LogP contribution in [0.3, 0.4) is 0 Å². The number of benzene rings is 2. The first-order chi connectivity index (χ1) is 13.5. The summed E-state index contributed by atoms with van der Waals surface area (Å²) in [4.78, 5) is 33.9. The molecule has 2 rings (SSSR count). The number of rotatable bonds is 7. The van der Waals surface area contributed by atoms with Crippen molar-refractivity contribution in [3.05, 3.63) is 76.0 Å². The second-order valence-electron chi connectivity index (χ2n) is 5.31. The molecule has 28 heavy (non-hydrogen) atoms. The molecule has 0 amide bonds. The first-order valence-electron chi connectivity index (χ1n) is 7.95. The molecular formula is C19H17NO8. The van der Waals surface area contributed by atoms with Gasteiger partial charge in [0.2, 0.25) is 0 Å². The van der Waals surface area contributed by atoms with Crippen molar-refractivity contribution in [1.29, 1.82) is 0 Å². The Hall–Kier alpha value is -3.88. The third kappa shape index (κ3) is 5.31. The van der Waals surface area contributed by atoms with Gasteiger partial charge in [-0.2, -0.15) is 0 Å². The summed E-state index contributed by atoms with van der Waals surface area (Å²) in [7, 11) is 2.64. The highest BCUT2D eigenvalue weighted by atomic mass is 16.7. The standard InChI is InChI=1S/C19H17NO8/c1-25-12-17(18(21)26-2)16-6-4-3-5-13(16)11-27-19(22)28-15-9-7-14(8-10-15)20(23)24/h3-10,12H,11H2,1-2H3. The molecule has 0 N–H and O–H groups in total.